The third-order valence-electron chi connectivity index (χ3n) is 2.34. The summed E-state index contributed by atoms with van der Waals surface area (Å²) < 4.78 is 0. The molecule has 0 aromatic carbocycles. The molecule has 1 heterocycles. The number of nitrogens with one attached hydrogen (secondary N) is 1. The summed E-state index contributed by atoms with van der Waals surface area (Å²) in [6.07, 6.45) is 4.10. The number of hydrogen-bond acceptors (Lipinski definition) is 4. The van der Waals surface area contributed by atoms with Crippen molar-refractivity contribution in [3.63, 3.8) is 0 Å². The lowest BCUT2D eigenvalue weighted by Crippen LogP contribution is -2.30. The van der Waals surface area contributed by atoms with Gasteiger partial charge in [0.2, 0.25) is 0 Å². The van der Waals surface area contributed by atoms with E-state index < -0.39 is 0 Å². The van der Waals surface area contributed by atoms with Crippen LogP contribution >= 0.6 is 0 Å². The molecule has 0 bridgehead atoms. The van der Waals surface area contributed by atoms with E-state index in [4.69, 9.17) is 5.11 Å². The van der Waals surface area contributed by atoms with E-state index in [9.17, 15) is 0 Å². The lowest BCUT2D eigenvalue weighted by molar-refractivity contribution is 0.207. The first-order valence-electron chi connectivity index (χ1n) is 5.20. The Kier molecular flexibility index (Phi) is 4.65. The Morgan fingerprint density at radius 2 is 2.27 bits per heavy atom. The summed E-state index contributed by atoms with van der Waals surface area (Å²) in [7, 11) is 0. The first-order chi connectivity index (χ1) is 7.14. The molecule has 1 aromatic heterocycles. The molecule has 1 aromatic rings. The van der Waals surface area contributed by atoms with Crippen LogP contribution in [0.3, 0.4) is 0 Å². The molecule has 0 fully saturated rings. The van der Waals surface area contributed by atoms with Gasteiger partial charge in [0, 0.05) is 25.9 Å². The Bertz CT molecular complexity index is 274. The standard InChI is InChI=1S/C11H19N3O/c1-11(2,4-6-15)8-13-7-10-3-5-12-9-14-10/h3,5,9,13,15H,4,6-8H2,1-2H3. The molecule has 0 spiro atoms. The predicted molar refractivity (Wildman–Crippen MR) is 59.2 cm³/mol. The van der Waals surface area contributed by atoms with Crippen LogP contribution in [0.1, 0.15) is 26.0 Å². The van der Waals surface area contributed by atoms with Crippen LogP contribution in [-0.4, -0.2) is 28.2 Å². The topological polar surface area (TPSA) is 58.0 Å². The molecule has 0 amide bonds. The van der Waals surface area contributed by atoms with Crippen LogP contribution in [0.5, 0.6) is 0 Å². The third-order valence-corrected chi connectivity index (χ3v) is 2.34. The fourth-order valence-electron chi connectivity index (χ4n) is 1.34. The molecule has 0 saturated heterocycles. The Labute approximate surface area is 90.8 Å². The lowest BCUT2D eigenvalue weighted by Gasteiger charge is -2.23. The van der Waals surface area contributed by atoms with Gasteiger partial charge in [-0.15, -0.1) is 0 Å². The van der Waals surface area contributed by atoms with Gasteiger partial charge in [-0.25, -0.2) is 9.97 Å². The Morgan fingerprint density at radius 3 is 2.87 bits per heavy atom. The maximum atomic E-state index is 8.87. The van der Waals surface area contributed by atoms with Gasteiger partial charge in [0.05, 0.1) is 5.69 Å². The minimum absolute atomic E-state index is 0.127. The van der Waals surface area contributed by atoms with Crippen LogP contribution in [-0.2, 0) is 6.54 Å². The highest BCUT2D eigenvalue weighted by Crippen LogP contribution is 2.17. The van der Waals surface area contributed by atoms with Crippen LogP contribution < -0.4 is 5.32 Å². The van der Waals surface area contributed by atoms with Crippen LogP contribution in [0, 0.1) is 5.41 Å². The molecule has 1 rings (SSSR count). The molecular formula is C11H19N3O. The fourth-order valence-corrected chi connectivity index (χ4v) is 1.34. The van der Waals surface area contributed by atoms with E-state index in [1.807, 2.05) is 6.07 Å². The zero-order chi connectivity index (χ0) is 11.1. The number of nitrogens with zero attached hydrogens (tertiary/aromatic N) is 2. The molecule has 2 N–H and O–H groups in total. The number of hydrogen-bond donors (Lipinski definition) is 2. The van der Waals surface area contributed by atoms with Crippen molar-refractivity contribution in [3.05, 3.63) is 24.3 Å². The molecule has 15 heavy (non-hydrogen) atoms. The first kappa shape index (κ1) is 12.1. The second-order valence-electron chi connectivity index (χ2n) is 4.44. The highest BCUT2D eigenvalue weighted by atomic mass is 16.3. The van der Waals surface area contributed by atoms with Crippen molar-refractivity contribution in [1.29, 1.82) is 0 Å². The second kappa shape index (κ2) is 5.78. The normalized spacial score (nSPS) is 11.7. The van der Waals surface area contributed by atoms with E-state index in [1.165, 1.54) is 0 Å². The van der Waals surface area contributed by atoms with Crippen molar-refractivity contribution < 1.29 is 5.11 Å². The average Bonchev–Trinajstić information content (AvgIpc) is 2.19. The zero-order valence-corrected chi connectivity index (χ0v) is 9.40. The van der Waals surface area contributed by atoms with Gasteiger partial charge >= 0.3 is 0 Å². The fraction of sp³-hybridized carbons (Fsp3) is 0.636. The molecule has 0 radical (unpaired) electrons. The molecule has 0 aliphatic rings. The van der Waals surface area contributed by atoms with Crippen molar-refractivity contribution >= 4 is 0 Å². The van der Waals surface area contributed by atoms with Crippen LogP contribution in [0.2, 0.25) is 0 Å². The number of rotatable bonds is 6. The van der Waals surface area contributed by atoms with E-state index in [-0.39, 0.29) is 12.0 Å². The summed E-state index contributed by atoms with van der Waals surface area (Å²) in [5.74, 6) is 0. The minimum atomic E-state index is 0.127. The van der Waals surface area contributed by atoms with Crippen molar-refractivity contribution in [2.24, 2.45) is 5.41 Å². The van der Waals surface area contributed by atoms with E-state index in [0.29, 0.717) is 0 Å². The highest BCUT2D eigenvalue weighted by molar-refractivity contribution is 4.97. The SMILES string of the molecule is CC(C)(CCO)CNCc1ccncn1. The van der Waals surface area contributed by atoms with Gasteiger partial charge in [-0.2, -0.15) is 0 Å². The smallest absolute Gasteiger partial charge is 0.115 e. The van der Waals surface area contributed by atoms with Crippen molar-refractivity contribution in [2.45, 2.75) is 26.8 Å². The van der Waals surface area contributed by atoms with E-state index in [1.54, 1.807) is 12.5 Å². The predicted octanol–water partition coefficient (Wildman–Crippen LogP) is 0.975. The largest absolute Gasteiger partial charge is 0.396 e. The molecule has 84 valence electrons. The van der Waals surface area contributed by atoms with Crippen LogP contribution in [0.15, 0.2) is 18.6 Å². The molecule has 0 unspecified atom stereocenters. The summed E-state index contributed by atoms with van der Waals surface area (Å²) in [6.45, 7) is 6.13. The monoisotopic (exact) mass is 209 g/mol. The van der Waals surface area contributed by atoms with Crippen molar-refractivity contribution in [1.82, 2.24) is 15.3 Å². The maximum absolute atomic E-state index is 8.87. The molecule has 4 nitrogen and oxygen atoms in total. The Balaban J connectivity index is 2.27. The first-order valence-corrected chi connectivity index (χ1v) is 5.20. The van der Waals surface area contributed by atoms with Gasteiger partial charge in [0.1, 0.15) is 6.33 Å². The summed E-state index contributed by atoms with van der Waals surface area (Å²) in [5, 5.41) is 12.2. The van der Waals surface area contributed by atoms with Crippen molar-refractivity contribution in [3.8, 4) is 0 Å². The van der Waals surface area contributed by atoms with E-state index in [0.717, 1.165) is 25.2 Å². The van der Waals surface area contributed by atoms with Crippen LogP contribution in [0.25, 0.3) is 0 Å². The number of aliphatic hydroxyl groups is 1. The maximum Gasteiger partial charge on any atom is 0.115 e. The summed E-state index contributed by atoms with van der Waals surface area (Å²) in [6, 6.07) is 1.89. The zero-order valence-electron chi connectivity index (χ0n) is 9.40. The van der Waals surface area contributed by atoms with Crippen LogP contribution in [0.4, 0.5) is 0 Å². The average molecular weight is 209 g/mol. The quantitative estimate of drug-likeness (QED) is 0.733. The van der Waals surface area contributed by atoms with Gasteiger partial charge in [0.15, 0.2) is 0 Å². The molecular weight excluding hydrogens is 190 g/mol. The van der Waals surface area contributed by atoms with Gasteiger partial charge in [-0.05, 0) is 17.9 Å². The van der Waals surface area contributed by atoms with Gasteiger partial charge in [-0.3, -0.25) is 0 Å². The van der Waals surface area contributed by atoms with Crippen molar-refractivity contribution in [2.75, 3.05) is 13.2 Å². The van der Waals surface area contributed by atoms with E-state index >= 15 is 0 Å². The molecule has 0 saturated carbocycles. The lowest BCUT2D eigenvalue weighted by atomic mass is 9.90. The van der Waals surface area contributed by atoms with Gasteiger partial charge in [-0.1, -0.05) is 13.8 Å². The number of aliphatic hydroxyl groups excluding tert-OH is 1. The summed E-state index contributed by atoms with van der Waals surface area (Å²) >= 11 is 0. The molecule has 0 aliphatic carbocycles. The molecule has 4 heteroatoms. The van der Waals surface area contributed by atoms with Gasteiger partial charge < -0.3 is 10.4 Å². The minimum Gasteiger partial charge on any atom is -0.396 e. The molecule has 0 atom stereocenters. The highest BCUT2D eigenvalue weighted by Gasteiger charge is 2.16. The van der Waals surface area contributed by atoms with E-state index in [2.05, 4.69) is 29.1 Å². The van der Waals surface area contributed by atoms with Gasteiger partial charge in [0.25, 0.3) is 0 Å². The Hall–Kier alpha value is -1.00. The summed E-state index contributed by atoms with van der Waals surface area (Å²) in [4.78, 5) is 7.98. The second-order valence-corrected chi connectivity index (χ2v) is 4.44. The number of aromatic nitrogens is 2. The molecule has 0 aliphatic heterocycles. The third kappa shape index (κ3) is 4.85. The summed E-state index contributed by atoms with van der Waals surface area (Å²) in [5.41, 5.74) is 1.12. The Morgan fingerprint density at radius 1 is 1.47 bits per heavy atom.